The zero-order valence-electron chi connectivity index (χ0n) is 23.8. The average molecular weight is 560 g/mol. The van der Waals surface area contributed by atoms with Gasteiger partial charge >= 0.3 is 0 Å². The number of nitrogens with zero attached hydrogens (tertiary/aromatic N) is 2. The zero-order valence-corrected chi connectivity index (χ0v) is 24.6. The number of carbonyl (C=O) groups is 1. The summed E-state index contributed by atoms with van der Waals surface area (Å²) >= 11 is 6.14. The van der Waals surface area contributed by atoms with Crippen molar-refractivity contribution in [1.82, 2.24) is 15.1 Å². The van der Waals surface area contributed by atoms with Crippen LogP contribution >= 0.6 is 11.6 Å². The lowest BCUT2D eigenvalue weighted by atomic mass is 9.95. The number of hydrogen-bond donors (Lipinski definition) is 1. The van der Waals surface area contributed by atoms with Crippen LogP contribution in [0.25, 0.3) is 11.6 Å². The predicted octanol–water partition coefficient (Wildman–Crippen LogP) is 6.62. The summed E-state index contributed by atoms with van der Waals surface area (Å²) in [4.78, 5) is 16.7. The highest BCUT2D eigenvalue weighted by molar-refractivity contribution is 6.30. The van der Waals surface area contributed by atoms with Crippen molar-refractivity contribution < 1.29 is 9.53 Å². The number of piperazine rings is 1. The van der Waals surface area contributed by atoms with E-state index in [1.54, 1.807) is 0 Å². The minimum absolute atomic E-state index is 0.128. The van der Waals surface area contributed by atoms with Gasteiger partial charge in [0.1, 0.15) is 5.75 Å². The topological polar surface area (TPSA) is 44.8 Å². The maximum absolute atomic E-state index is 12.0. The highest BCUT2D eigenvalue weighted by Gasteiger charge is 2.18. The van der Waals surface area contributed by atoms with Crippen LogP contribution in [0.3, 0.4) is 0 Å². The Balaban J connectivity index is 1.19. The zero-order chi connectivity index (χ0) is 28.2. The normalized spacial score (nSPS) is 14.8. The van der Waals surface area contributed by atoms with Gasteiger partial charge in [-0.2, -0.15) is 0 Å². The molecule has 3 aromatic rings. The van der Waals surface area contributed by atoms with Crippen molar-refractivity contribution in [2.24, 2.45) is 0 Å². The van der Waals surface area contributed by atoms with Crippen LogP contribution < -0.4 is 10.1 Å². The van der Waals surface area contributed by atoms with Crippen molar-refractivity contribution in [3.05, 3.63) is 101 Å². The lowest BCUT2D eigenvalue weighted by Gasteiger charge is -2.34. The number of rotatable bonds is 13. The second-order valence-electron chi connectivity index (χ2n) is 10.7. The third-order valence-corrected chi connectivity index (χ3v) is 7.35. The standard InChI is InChI=1S/C34H42ClN3O2/c1-27(2)36-34(39)26-38-22-20-37(21-23-38)19-7-4-8-24-40-32-17-13-30(14-18-32)33(25-28-9-5-3-6-10-28)29-11-15-31(35)16-12-29/h3,5-6,9-18,25,27H,4,7-8,19-24,26H2,1-2H3,(H,36,39)/b33-25-. The number of halogens is 1. The number of benzene rings is 3. The Morgan fingerprint density at radius 2 is 1.48 bits per heavy atom. The molecule has 212 valence electrons. The molecule has 1 aliphatic heterocycles. The molecule has 1 saturated heterocycles. The summed E-state index contributed by atoms with van der Waals surface area (Å²) < 4.78 is 6.06. The van der Waals surface area contributed by atoms with Crippen molar-refractivity contribution in [1.29, 1.82) is 0 Å². The highest BCUT2D eigenvalue weighted by Crippen LogP contribution is 2.28. The molecule has 0 radical (unpaired) electrons. The predicted molar refractivity (Wildman–Crippen MR) is 167 cm³/mol. The molecule has 1 heterocycles. The summed E-state index contributed by atoms with van der Waals surface area (Å²) in [6, 6.07) is 26.9. The molecular formula is C34H42ClN3O2. The van der Waals surface area contributed by atoms with Crippen LogP contribution in [0, 0.1) is 0 Å². The third kappa shape index (κ3) is 9.81. The molecule has 0 aromatic heterocycles. The molecule has 0 unspecified atom stereocenters. The summed E-state index contributed by atoms with van der Waals surface area (Å²) in [7, 11) is 0. The minimum Gasteiger partial charge on any atom is -0.494 e. The molecule has 4 rings (SSSR count). The number of amides is 1. The van der Waals surface area contributed by atoms with Crippen LogP contribution in [-0.4, -0.2) is 67.6 Å². The number of ether oxygens (including phenoxy) is 1. The summed E-state index contributed by atoms with van der Waals surface area (Å²) in [5.74, 6) is 1.03. The smallest absolute Gasteiger partial charge is 0.234 e. The SMILES string of the molecule is CC(C)NC(=O)CN1CCN(CCCCCOc2ccc(/C(=C\c3ccccc3)c3ccc(Cl)cc3)cc2)CC1. The van der Waals surface area contributed by atoms with Crippen LogP contribution in [0.5, 0.6) is 5.75 Å². The molecule has 0 saturated carbocycles. The van der Waals surface area contributed by atoms with Crippen molar-refractivity contribution in [2.45, 2.75) is 39.2 Å². The molecule has 0 aliphatic carbocycles. The third-order valence-electron chi connectivity index (χ3n) is 7.10. The maximum atomic E-state index is 12.0. The molecule has 1 amide bonds. The van der Waals surface area contributed by atoms with E-state index in [9.17, 15) is 4.79 Å². The van der Waals surface area contributed by atoms with Crippen molar-refractivity contribution >= 4 is 29.2 Å². The monoisotopic (exact) mass is 559 g/mol. The Kier molecular flexibility index (Phi) is 11.7. The minimum atomic E-state index is 0.128. The van der Waals surface area contributed by atoms with Gasteiger partial charge in [0, 0.05) is 37.2 Å². The summed E-state index contributed by atoms with van der Waals surface area (Å²) in [6.45, 7) is 10.3. The number of nitrogens with one attached hydrogen (secondary N) is 1. The van der Waals surface area contributed by atoms with Crippen molar-refractivity contribution in [3.63, 3.8) is 0 Å². The van der Waals surface area contributed by atoms with E-state index in [-0.39, 0.29) is 11.9 Å². The van der Waals surface area contributed by atoms with Crippen LogP contribution in [0.1, 0.15) is 49.8 Å². The Labute approximate surface area is 244 Å². The highest BCUT2D eigenvalue weighted by atomic mass is 35.5. The Hall–Kier alpha value is -3.12. The van der Waals surface area contributed by atoms with Gasteiger partial charge in [0.05, 0.1) is 13.2 Å². The van der Waals surface area contributed by atoms with Crippen LogP contribution in [-0.2, 0) is 4.79 Å². The Morgan fingerprint density at radius 1 is 0.850 bits per heavy atom. The first-order valence-corrected chi connectivity index (χ1v) is 14.8. The average Bonchev–Trinajstić information content (AvgIpc) is 2.95. The first kappa shape index (κ1) is 29.9. The van der Waals surface area contributed by atoms with Gasteiger partial charge in [-0.15, -0.1) is 0 Å². The van der Waals surface area contributed by atoms with Crippen molar-refractivity contribution in [2.75, 3.05) is 45.9 Å². The molecule has 0 spiro atoms. The summed E-state index contributed by atoms with van der Waals surface area (Å²) in [5.41, 5.74) is 4.57. The molecule has 1 N–H and O–H groups in total. The second kappa shape index (κ2) is 15.6. The molecule has 3 aromatic carbocycles. The van der Waals surface area contributed by atoms with E-state index in [1.807, 2.05) is 32.0 Å². The number of carbonyl (C=O) groups excluding carboxylic acids is 1. The number of hydrogen-bond acceptors (Lipinski definition) is 4. The molecule has 40 heavy (non-hydrogen) atoms. The molecule has 5 nitrogen and oxygen atoms in total. The maximum Gasteiger partial charge on any atom is 0.234 e. The van der Waals surface area contributed by atoms with E-state index in [2.05, 4.69) is 81.9 Å². The van der Waals surface area contributed by atoms with E-state index in [4.69, 9.17) is 16.3 Å². The summed E-state index contributed by atoms with van der Waals surface area (Å²) in [6.07, 6.45) is 5.57. The van der Waals surface area contributed by atoms with Gasteiger partial charge < -0.3 is 15.0 Å². The second-order valence-corrected chi connectivity index (χ2v) is 11.2. The Bertz CT molecular complexity index is 1200. The van der Waals surface area contributed by atoms with Crippen LogP contribution in [0.4, 0.5) is 0 Å². The van der Waals surface area contributed by atoms with E-state index in [0.29, 0.717) is 6.54 Å². The lowest BCUT2D eigenvalue weighted by molar-refractivity contribution is -0.123. The van der Waals surface area contributed by atoms with Gasteiger partial charge in [0.2, 0.25) is 5.91 Å². The molecule has 1 aliphatic rings. The quantitative estimate of drug-likeness (QED) is 0.189. The Morgan fingerprint density at radius 3 is 2.12 bits per heavy atom. The van der Waals surface area contributed by atoms with E-state index in [1.165, 1.54) is 6.42 Å². The fourth-order valence-corrected chi connectivity index (χ4v) is 5.08. The van der Waals surface area contributed by atoms with Gasteiger partial charge in [-0.1, -0.05) is 66.2 Å². The van der Waals surface area contributed by atoms with Gasteiger partial charge in [-0.05, 0) is 92.3 Å². The summed E-state index contributed by atoms with van der Waals surface area (Å²) in [5, 5.41) is 3.71. The van der Waals surface area contributed by atoms with E-state index >= 15 is 0 Å². The van der Waals surface area contributed by atoms with Crippen molar-refractivity contribution in [3.8, 4) is 5.75 Å². The fraction of sp³-hybridized carbons (Fsp3) is 0.382. The fourth-order valence-electron chi connectivity index (χ4n) is 4.96. The van der Waals surface area contributed by atoms with Crippen LogP contribution in [0.2, 0.25) is 5.02 Å². The largest absolute Gasteiger partial charge is 0.494 e. The van der Waals surface area contributed by atoms with Gasteiger partial charge in [0.25, 0.3) is 0 Å². The van der Waals surface area contributed by atoms with Gasteiger partial charge in [0.15, 0.2) is 0 Å². The van der Waals surface area contributed by atoms with Gasteiger partial charge in [-0.25, -0.2) is 0 Å². The molecule has 1 fully saturated rings. The number of unbranched alkanes of at least 4 members (excludes halogenated alkanes) is 2. The van der Waals surface area contributed by atoms with E-state index < -0.39 is 0 Å². The first-order valence-electron chi connectivity index (χ1n) is 14.5. The molecule has 0 atom stereocenters. The van der Waals surface area contributed by atoms with Gasteiger partial charge in [-0.3, -0.25) is 9.69 Å². The molecular weight excluding hydrogens is 518 g/mol. The molecule has 0 bridgehead atoms. The van der Waals surface area contributed by atoms with E-state index in [0.717, 1.165) is 85.2 Å². The molecule has 6 heteroatoms. The van der Waals surface area contributed by atoms with Crippen LogP contribution in [0.15, 0.2) is 78.9 Å². The first-order chi connectivity index (χ1) is 19.5. The lowest BCUT2D eigenvalue weighted by Crippen LogP contribution is -2.50.